The maximum absolute atomic E-state index is 12.5. The molecular weight excluding hydrogens is 250 g/mol. The predicted molar refractivity (Wildman–Crippen MR) is 77.6 cm³/mol. The summed E-state index contributed by atoms with van der Waals surface area (Å²) < 4.78 is 0. The molecule has 0 unspecified atom stereocenters. The van der Waals surface area contributed by atoms with Gasteiger partial charge >= 0.3 is 0 Å². The average Bonchev–Trinajstić information content (AvgIpc) is 2.49. The van der Waals surface area contributed by atoms with Crippen LogP contribution in [0, 0.1) is 5.92 Å². The van der Waals surface area contributed by atoms with E-state index in [0.717, 1.165) is 49.3 Å². The molecule has 3 rings (SSSR count). The Hall–Kier alpha value is -1.45. The fraction of sp³-hybridized carbons (Fsp3) is 0.688. The molecular formula is C16H23N3O. The zero-order valence-corrected chi connectivity index (χ0v) is 12.2. The minimum atomic E-state index is 0.00473. The lowest BCUT2D eigenvalue weighted by atomic mass is 9.87. The Bertz CT molecular complexity index is 492. The number of nitrogens with zero attached hydrogens (tertiary/aromatic N) is 2. The third-order valence-corrected chi connectivity index (χ3v) is 4.69. The smallest absolute Gasteiger partial charge is 0.270 e. The Balaban J connectivity index is 1.71. The Morgan fingerprint density at radius 2 is 1.90 bits per heavy atom. The van der Waals surface area contributed by atoms with Crippen molar-refractivity contribution >= 4 is 5.91 Å². The fourth-order valence-electron chi connectivity index (χ4n) is 3.38. The number of rotatable bonds is 2. The molecule has 0 saturated heterocycles. The zero-order valence-electron chi connectivity index (χ0n) is 12.2. The quantitative estimate of drug-likeness (QED) is 0.901. The number of amides is 1. The minimum absolute atomic E-state index is 0.00473. The van der Waals surface area contributed by atoms with E-state index in [2.05, 4.69) is 22.2 Å². The number of hydrogen-bond acceptors (Lipinski definition) is 3. The molecule has 1 heterocycles. The van der Waals surface area contributed by atoms with Gasteiger partial charge in [0.15, 0.2) is 0 Å². The van der Waals surface area contributed by atoms with E-state index in [-0.39, 0.29) is 5.91 Å². The highest BCUT2D eigenvalue weighted by atomic mass is 16.1. The molecule has 20 heavy (non-hydrogen) atoms. The Morgan fingerprint density at radius 1 is 1.15 bits per heavy atom. The molecule has 108 valence electrons. The topological polar surface area (TPSA) is 54.9 Å². The highest BCUT2D eigenvalue weighted by Gasteiger charge is 2.24. The van der Waals surface area contributed by atoms with Crippen LogP contribution in [0.15, 0.2) is 6.33 Å². The Morgan fingerprint density at radius 3 is 2.70 bits per heavy atom. The van der Waals surface area contributed by atoms with Crippen LogP contribution in [0.2, 0.25) is 0 Å². The van der Waals surface area contributed by atoms with Crippen molar-refractivity contribution in [1.29, 1.82) is 0 Å². The molecule has 0 aromatic carbocycles. The first kappa shape index (κ1) is 13.5. The maximum atomic E-state index is 12.5. The van der Waals surface area contributed by atoms with E-state index in [9.17, 15) is 4.79 Å². The lowest BCUT2D eigenvalue weighted by molar-refractivity contribution is 0.0916. The van der Waals surface area contributed by atoms with Crippen molar-refractivity contribution < 1.29 is 4.79 Å². The van der Waals surface area contributed by atoms with E-state index in [1.807, 2.05) is 0 Å². The number of aryl methyl sites for hydroxylation is 1. The monoisotopic (exact) mass is 273 g/mol. The van der Waals surface area contributed by atoms with Crippen LogP contribution in [-0.2, 0) is 12.8 Å². The molecule has 0 spiro atoms. The first-order valence-corrected chi connectivity index (χ1v) is 7.87. The molecule has 4 heteroatoms. The van der Waals surface area contributed by atoms with Gasteiger partial charge in [0.25, 0.3) is 5.91 Å². The highest BCUT2D eigenvalue weighted by molar-refractivity contribution is 5.94. The Kier molecular flexibility index (Phi) is 3.99. The largest absolute Gasteiger partial charge is 0.348 e. The summed E-state index contributed by atoms with van der Waals surface area (Å²) in [7, 11) is 0. The number of fused-ring (bicyclic) bond motifs is 1. The molecule has 1 aromatic rings. The van der Waals surface area contributed by atoms with Gasteiger partial charge in [0.2, 0.25) is 0 Å². The van der Waals surface area contributed by atoms with Crippen molar-refractivity contribution in [3.63, 3.8) is 0 Å². The standard InChI is InChI=1S/C16H23N3O/c1-11-6-8-12(9-7-11)19-16(20)15-13-4-2-3-5-14(13)17-10-18-15/h10-12H,2-9H2,1H3,(H,19,20). The number of aromatic nitrogens is 2. The van der Waals surface area contributed by atoms with Gasteiger partial charge in [0.1, 0.15) is 12.0 Å². The lowest BCUT2D eigenvalue weighted by Crippen LogP contribution is -2.38. The minimum Gasteiger partial charge on any atom is -0.348 e. The lowest BCUT2D eigenvalue weighted by Gasteiger charge is -2.27. The number of carbonyl (C=O) groups is 1. The molecule has 0 atom stereocenters. The van der Waals surface area contributed by atoms with Gasteiger partial charge in [-0.15, -0.1) is 0 Å². The number of hydrogen-bond donors (Lipinski definition) is 1. The molecule has 1 amide bonds. The van der Waals surface area contributed by atoms with Gasteiger partial charge in [0, 0.05) is 17.3 Å². The second kappa shape index (κ2) is 5.90. The van der Waals surface area contributed by atoms with E-state index in [4.69, 9.17) is 0 Å². The molecule has 2 aliphatic rings. The summed E-state index contributed by atoms with van der Waals surface area (Å²) in [6.07, 6.45) is 10.4. The molecule has 2 aliphatic carbocycles. The van der Waals surface area contributed by atoms with E-state index < -0.39 is 0 Å². The second-order valence-electron chi connectivity index (χ2n) is 6.28. The SMILES string of the molecule is CC1CCC(NC(=O)c2ncnc3c2CCCC3)CC1. The van der Waals surface area contributed by atoms with Crippen LogP contribution >= 0.6 is 0 Å². The Labute approximate surface area is 120 Å². The van der Waals surface area contributed by atoms with E-state index in [1.165, 1.54) is 19.3 Å². The molecule has 1 fully saturated rings. The first-order valence-electron chi connectivity index (χ1n) is 7.87. The summed E-state index contributed by atoms with van der Waals surface area (Å²) in [6, 6.07) is 0.327. The molecule has 0 radical (unpaired) electrons. The summed E-state index contributed by atoms with van der Waals surface area (Å²) >= 11 is 0. The van der Waals surface area contributed by atoms with E-state index in [0.29, 0.717) is 11.7 Å². The summed E-state index contributed by atoms with van der Waals surface area (Å²) in [4.78, 5) is 21.0. The average molecular weight is 273 g/mol. The van der Waals surface area contributed by atoms with Gasteiger partial charge in [0.05, 0.1) is 0 Å². The number of carbonyl (C=O) groups excluding carboxylic acids is 1. The maximum Gasteiger partial charge on any atom is 0.270 e. The van der Waals surface area contributed by atoms with Crippen LogP contribution in [0.5, 0.6) is 0 Å². The second-order valence-corrected chi connectivity index (χ2v) is 6.28. The van der Waals surface area contributed by atoms with Crippen LogP contribution in [0.25, 0.3) is 0 Å². The van der Waals surface area contributed by atoms with E-state index >= 15 is 0 Å². The normalized spacial score (nSPS) is 25.9. The molecule has 0 bridgehead atoms. The van der Waals surface area contributed by atoms with Gasteiger partial charge in [-0.25, -0.2) is 9.97 Å². The van der Waals surface area contributed by atoms with Gasteiger partial charge in [-0.2, -0.15) is 0 Å². The van der Waals surface area contributed by atoms with E-state index in [1.54, 1.807) is 6.33 Å². The van der Waals surface area contributed by atoms with Crippen LogP contribution in [0.4, 0.5) is 0 Å². The van der Waals surface area contributed by atoms with Gasteiger partial charge in [-0.05, 0) is 57.3 Å². The van der Waals surface area contributed by atoms with Gasteiger partial charge in [-0.1, -0.05) is 6.92 Å². The fourth-order valence-corrected chi connectivity index (χ4v) is 3.38. The summed E-state index contributed by atoms with van der Waals surface area (Å²) in [5.74, 6) is 0.806. The molecule has 4 nitrogen and oxygen atoms in total. The molecule has 1 saturated carbocycles. The van der Waals surface area contributed by atoms with Crippen LogP contribution in [0.3, 0.4) is 0 Å². The first-order chi connectivity index (χ1) is 9.74. The molecule has 1 aromatic heterocycles. The molecule has 1 N–H and O–H groups in total. The summed E-state index contributed by atoms with van der Waals surface area (Å²) in [6.45, 7) is 2.29. The number of nitrogens with one attached hydrogen (secondary N) is 1. The van der Waals surface area contributed by atoms with Gasteiger partial charge in [-0.3, -0.25) is 4.79 Å². The van der Waals surface area contributed by atoms with Gasteiger partial charge < -0.3 is 5.32 Å². The van der Waals surface area contributed by atoms with Crippen molar-refractivity contribution in [2.45, 2.75) is 64.3 Å². The zero-order chi connectivity index (χ0) is 13.9. The predicted octanol–water partition coefficient (Wildman–Crippen LogP) is 2.66. The van der Waals surface area contributed by atoms with Crippen molar-refractivity contribution in [3.8, 4) is 0 Å². The van der Waals surface area contributed by atoms with Crippen LogP contribution in [-0.4, -0.2) is 21.9 Å². The van der Waals surface area contributed by atoms with Crippen LogP contribution in [0.1, 0.15) is 67.2 Å². The van der Waals surface area contributed by atoms with Crippen molar-refractivity contribution in [3.05, 3.63) is 23.3 Å². The third kappa shape index (κ3) is 2.84. The van der Waals surface area contributed by atoms with Crippen LogP contribution < -0.4 is 5.32 Å². The molecule has 0 aliphatic heterocycles. The third-order valence-electron chi connectivity index (χ3n) is 4.69. The summed E-state index contributed by atoms with van der Waals surface area (Å²) in [5.41, 5.74) is 2.78. The van der Waals surface area contributed by atoms with Crippen molar-refractivity contribution in [1.82, 2.24) is 15.3 Å². The highest BCUT2D eigenvalue weighted by Crippen LogP contribution is 2.25. The van der Waals surface area contributed by atoms with Crippen molar-refractivity contribution in [2.24, 2.45) is 5.92 Å². The van der Waals surface area contributed by atoms with Crippen molar-refractivity contribution in [2.75, 3.05) is 0 Å². The summed E-state index contributed by atoms with van der Waals surface area (Å²) in [5, 5.41) is 3.18.